The van der Waals surface area contributed by atoms with Gasteiger partial charge in [-0.15, -0.1) is 0 Å². The third-order valence-corrected chi connectivity index (χ3v) is 3.72. The van der Waals surface area contributed by atoms with Gasteiger partial charge in [-0.2, -0.15) is 5.26 Å². The van der Waals surface area contributed by atoms with Crippen LogP contribution in [0.1, 0.15) is 31.2 Å². The van der Waals surface area contributed by atoms with Crippen molar-refractivity contribution < 1.29 is 10.0 Å². The summed E-state index contributed by atoms with van der Waals surface area (Å²) in [7, 11) is 0. The molecular weight excluding hydrogens is 258 g/mol. The van der Waals surface area contributed by atoms with E-state index in [1.807, 2.05) is 6.07 Å². The first-order valence-corrected chi connectivity index (χ1v) is 6.73. The summed E-state index contributed by atoms with van der Waals surface area (Å²) in [6, 6.07) is 6.77. The number of nitro groups is 1. The first-order chi connectivity index (χ1) is 9.67. The predicted octanol–water partition coefficient (Wildman–Crippen LogP) is 2.21. The van der Waals surface area contributed by atoms with Crippen molar-refractivity contribution in [3.63, 3.8) is 0 Å². The normalized spacial score (nSPS) is 18.6. The molecule has 0 radical (unpaired) electrons. The lowest BCUT2D eigenvalue weighted by Gasteiger charge is -2.37. The minimum absolute atomic E-state index is 0.0782. The van der Waals surface area contributed by atoms with Crippen LogP contribution < -0.4 is 4.90 Å². The van der Waals surface area contributed by atoms with Gasteiger partial charge in [-0.05, 0) is 37.8 Å². The summed E-state index contributed by atoms with van der Waals surface area (Å²) in [5.74, 6) is 0. The lowest BCUT2D eigenvalue weighted by molar-refractivity contribution is -0.385. The van der Waals surface area contributed by atoms with E-state index in [1.165, 1.54) is 12.1 Å². The number of nitrogens with zero attached hydrogens (tertiary/aromatic N) is 3. The van der Waals surface area contributed by atoms with Crippen LogP contribution in [0.5, 0.6) is 0 Å². The molecule has 1 aliphatic rings. The number of nitriles is 1. The molecule has 0 aliphatic carbocycles. The molecule has 0 amide bonds. The fourth-order valence-corrected chi connectivity index (χ4v) is 2.73. The van der Waals surface area contributed by atoms with Crippen molar-refractivity contribution in [2.24, 2.45) is 0 Å². The average molecular weight is 275 g/mol. The van der Waals surface area contributed by atoms with Crippen LogP contribution in [0, 0.1) is 21.4 Å². The van der Waals surface area contributed by atoms with Gasteiger partial charge in [-0.3, -0.25) is 10.1 Å². The van der Waals surface area contributed by atoms with E-state index in [0.717, 1.165) is 31.5 Å². The molecule has 0 saturated carbocycles. The van der Waals surface area contributed by atoms with Gasteiger partial charge in [0, 0.05) is 30.9 Å². The Balaban J connectivity index is 2.33. The molecule has 1 saturated heterocycles. The molecule has 0 bridgehead atoms. The summed E-state index contributed by atoms with van der Waals surface area (Å²) in [6.07, 6.45) is 3.79. The Morgan fingerprint density at radius 1 is 1.50 bits per heavy atom. The van der Waals surface area contributed by atoms with Gasteiger partial charge in [-0.1, -0.05) is 0 Å². The second kappa shape index (κ2) is 6.35. The van der Waals surface area contributed by atoms with Crippen LogP contribution in [0.2, 0.25) is 0 Å². The second-order valence-electron chi connectivity index (χ2n) is 4.93. The minimum atomic E-state index is -0.521. The molecule has 1 unspecified atom stereocenters. The predicted molar refractivity (Wildman–Crippen MR) is 74.5 cm³/mol. The molecule has 1 heterocycles. The highest BCUT2D eigenvalue weighted by molar-refractivity contribution is 5.60. The number of aliphatic hydroxyl groups excluding tert-OH is 1. The van der Waals surface area contributed by atoms with Crippen molar-refractivity contribution in [1.82, 2.24) is 0 Å². The third kappa shape index (κ3) is 2.89. The average Bonchev–Trinajstić information content (AvgIpc) is 2.47. The van der Waals surface area contributed by atoms with E-state index in [2.05, 4.69) is 4.90 Å². The zero-order valence-electron chi connectivity index (χ0n) is 11.2. The van der Waals surface area contributed by atoms with Gasteiger partial charge in [0.15, 0.2) is 0 Å². The molecule has 6 heteroatoms. The Labute approximate surface area is 117 Å². The maximum atomic E-state index is 11.0. The molecular formula is C14H17N3O3. The first-order valence-electron chi connectivity index (χ1n) is 6.73. The lowest BCUT2D eigenvalue weighted by atomic mass is 9.98. The standard InChI is InChI=1S/C14H17N3O3/c15-10-11-4-5-13(9-14(11)17(19)20)16-7-2-1-3-12(16)6-8-18/h4-5,9,12,18H,1-3,6-8H2. The Bertz CT molecular complexity index is 537. The van der Waals surface area contributed by atoms with Gasteiger partial charge in [0.2, 0.25) is 0 Å². The van der Waals surface area contributed by atoms with E-state index in [0.29, 0.717) is 6.42 Å². The van der Waals surface area contributed by atoms with Gasteiger partial charge in [0.1, 0.15) is 11.6 Å². The van der Waals surface area contributed by atoms with Crippen LogP contribution in [0.3, 0.4) is 0 Å². The maximum absolute atomic E-state index is 11.0. The largest absolute Gasteiger partial charge is 0.396 e. The van der Waals surface area contributed by atoms with Gasteiger partial charge >= 0.3 is 0 Å². The van der Waals surface area contributed by atoms with Crippen molar-refractivity contribution >= 4 is 11.4 Å². The molecule has 0 aromatic heterocycles. The van der Waals surface area contributed by atoms with Crippen molar-refractivity contribution in [2.45, 2.75) is 31.7 Å². The summed E-state index contributed by atoms with van der Waals surface area (Å²) in [4.78, 5) is 12.6. The molecule has 1 fully saturated rings. The fourth-order valence-electron chi connectivity index (χ4n) is 2.73. The third-order valence-electron chi connectivity index (χ3n) is 3.72. The minimum Gasteiger partial charge on any atom is -0.396 e. The molecule has 0 spiro atoms. The summed E-state index contributed by atoms with van der Waals surface area (Å²) >= 11 is 0. The molecule has 1 atom stereocenters. The highest BCUT2D eigenvalue weighted by Gasteiger charge is 2.24. The van der Waals surface area contributed by atoms with Gasteiger partial charge in [-0.25, -0.2) is 0 Å². The topological polar surface area (TPSA) is 90.4 Å². The van der Waals surface area contributed by atoms with Crippen LogP contribution >= 0.6 is 0 Å². The Morgan fingerprint density at radius 3 is 2.95 bits per heavy atom. The molecule has 2 rings (SSSR count). The molecule has 1 aliphatic heterocycles. The molecule has 106 valence electrons. The summed E-state index contributed by atoms with van der Waals surface area (Å²) in [5.41, 5.74) is 0.682. The smallest absolute Gasteiger partial charge is 0.289 e. The quantitative estimate of drug-likeness (QED) is 0.672. The molecule has 1 N–H and O–H groups in total. The van der Waals surface area contributed by atoms with Crippen molar-refractivity contribution in [2.75, 3.05) is 18.1 Å². The molecule has 20 heavy (non-hydrogen) atoms. The van der Waals surface area contributed by atoms with E-state index in [1.54, 1.807) is 6.07 Å². The summed E-state index contributed by atoms with van der Waals surface area (Å²) in [6.45, 7) is 0.938. The van der Waals surface area contributed by atoms with Crippen LogP contribution in [-0.4, -0.2) is 29.2 Å². The monoisotopic (exact) mass is 275 g/mol. The number of hydrogen-bond donors (Lipinski definition) is 1. The Kier molecular flexibility index (Phi) is 4.53. The van der Waals surface area contributed by atoms with Crippen LogP contribution in [-0.2, 0) is 0 Å². The summed E-state index contributed by atoms with van der Waals surface area (Å²) in [5, 5.41) is 29.1. The number of aliphatic hydroxyl groups is 1. The summed E-state index contributed by atoms with van der Waals surface area (Å²) < 4.78 is 0. The number of piperidine rings is 1. The first kappa shape index (κ1) is 14.3. The fraction of sp³-hybridized carbons (Fsp3) is 0.500. The molecule has 1 aromatic carbocycles. The SMILES string of the molecule is N#Cc1ccc(N2CCCCC2CCO)cc1[N+](=O)[O-]. The van der Waals surface area contributed by atoms with E-state index in [-0.39, 0.29) is 23.9 Å². The van der Waals surface area contributed by atoms with E-state index in [4.69, 9.17) is 10.4 Å². The zero-order valence-corrected chi connectivity index (χ0v) is 11.2. The second-order valence-corrected chi connectivity index (χ2v) is 4.93. The Morgan fingerprint density at radius 2 is 2.30 bits per heavy atom. The van der Waals surface area contributed by atoms with E-state index in [9.17, 15) is 10.1 Å². The van der Waals surface area contributed by atoms with Crippen LogP contribution in [0.25, 0.3) is 0 Å². The number of anilines is 1. The maximum Gasteiger partial charge on any atom is 0.289 e. The number of benzene rings is 1. The number of nitro benzene ring substituents is 1. The van der Waals surface area contributed by atoms with Crippen molar-refractivity contribution in [3.8, 4) is 6.07 Å². The van der Waals surface area contributed by atoms with Crippen LogP contribution in [0.15, 0.2) is 18.2 Å². The molecule has 1 aromatic rings. The number of hydrogen-bond acceptors (Lipinski definition) is 5. The van der Waals surface area contributed by atoms with Crippen LogP contribution in [0.4, 0.5) is 11.4 Å². The van der Waals surface area contributed by atoms with Crippen molar-refractivity contribution in [1.29, 1.82) is 5.26 Å². The van der Waals surface area contributed by atoms with E-state index >= 15 is 0 Å². The van der Waals surface area contributed by atoms with Gasteiger partial charge in [0.25, 0.3) is 5.69 Å². The van der Waals surface area contributed by atoms with Gasteiger partial charge < -0.3 is 10.0 Å². The highest BCUT2D eigenvalue weighted by Crippen LogP contribution is 2.30. The van der Waals surface area contributed by atoms with E-state index < -0.39 is 4.92 Å². The highest BCUT2D eigenvalue weighted by atomic mass is 16.6. The van der Waals surface area contributed by atoms with Gasteiger partial charge in [0.05, 0.1) is 4.92 Å². The van der Waals surface area contributed by atoms with Crippen molar-refractivity contribution in [3.05, 3.63) is 33.9 Å². The zero-order chi connectivity index (χ0) is 14.5. The number of rotatable bonds is 4. The Hall–Kier alpha value is -2.13. The molecule has 6 nitrogen and oxygen atoms in total. The lowest BCUT2D eigenvalue weighted by Crippen LogP contribution is -2.40.